The molecule has 146 valence electrons. The Labute approximate surface area is 156 Å². The molecule has 1 fully saturated rings. The third-order valence-electron chi connectivity index (χ3n) is 4.31. The van der Waals surface area contributed by atoms with Gasteiger partial charge in [0.2, 0.25) is 15.9 Å². The van der Waals surface area contributed by atoms with Crippen molar-refractivity contribution < 1.29 is 21.9 Å². The molecule has 0 aliphatic carbocycles. The SMILES string of the molecule is COc1cc(N2CCN(S(=O)(=O)Cc3cc(F)ccc3F)CC2)nc(C)n1. The predicted octanol–water partition coefficient (Wildman–Crippen LogP) is 1.72. The normalized spacial score (nSPS) is 15.8. The van der Waals surface area contributed by atoms with Gasteiger partial charge >= 0.3 is 0 Å². The van der Waals surface area contributed by atoms with Gasteiger partial charge in [0.15, 0.2) is 0 Å². The van der Waals surface area contributed by atoms with Crippen LogP contribution in [0.25, 0.3) is 0 Å². The quantitative estimate of drug-likeness (QED) is 0.764. The van der Waals surface area contributed by atoms with Crippen LogP contribution in [0, 0.1) is 18.6 Å². The summed E-state index contributed by atoms with van der Waals surface area (Å²) in [5, 5.41) is 0. The zero-order chi connectivity index (χ0) is 19.6. The summed E-state index contributed by atoms with van der Waals surface area (Å²) in [7, 11) is -2.24. The van der Waals surface area contributed by atoms with Crippen LogP contribution in [0.5, 0.6) is 5.88 Å². The van der Waals surface area contributed by atoms with Crippen molar-refractivity contribution >= 4 is 15.8 Å². The van der Waals surface area contributed by atoms with E-state index >= 15 is 0 Å². The molecule has 0 bridgehead atoms. The lowest BCUT2D eigenvalue weighted by atomic mass is 10.2. The van der Waals surface area contributed by atoms with Gasteiger partial charge in [0.1, 0.15) is 23.3 Å². The van der Waals surface area contributed by atoms with Gasteiger partial charge in [0, 0.05) is 37.8 Å². The summed E-state index contributed by atoms with van der Waals surface area (Å²) >= 11 is 0. The fourth-order valence-corrected chi connectivity index (χ4v) is 4.45. The number of aromatic nitrogens is 2. The zero-order valence-electron chi connectivity index (χ0n) is 15.0. The van der Waals surface area contributed by atoms with Crippen LogP contribution in [-0.4, -0.2) is 56.0 Å². The maximum atomic E-state index is 13.8. The van der Waals surface area contributed by atoms with Crippen LogP contribution in [0.3, 0.4) is 0 Å². The standard InChI is InChI=1S/C17H20F2N4O3S/c1-12-20-16(10-17(21-12)26-2)22-5-7-23(8-6-22)27(24,25)11-13-9-14(18)3-4-15(13)19/h3-4,9-10H,5-8,11H2,1-2H3. The van der Waals surface area contributed by atoms with Gasteiger partial charge in [-0.25, -0.2) is 22.2 Å². The van der Waals surface area contributed by atoms with Crippen LogP contribution in [0.4, 0.5) is 14.6 Å². The minimum Gasteiger partial charge on any atom is -0.481 e. The molecule has 0 unspecified atom stereocenters. The lowest BCUT2D eigenvalue weighted by Gasteiger charge is -2.34. The molecule has 27 heavy (non-hydrogen) atoms. The average molecular weight is 398 g/mol. The van der Waals surface area contributed by atoms with Gasteiger partial charge in [-0.05, 0) is 25.1 Å². The first kappa shape index (κ1) is 19.4. The summed E-state index contributed by atoms with van der Waals surface area (Å²) in [5.41, 5.74) is -0.173. The van der Waals surface area contributed by atoms with Crippen molar-refractivity contribution in [3.05, 3.63) is 47.3 Å². The minimum absolute atomic E-state index is 0.173. The highest BCUT2D eigenvalue weighted by atomic mass is 32.2. The Bertz CT molecular complexity index is 932. The number of hydrogen-bond donors (Lipinski definition) is 0. The van der Waals surface area contributed by atoms with E-state index in [1.807, 2.05) is 4.90 Å². The number of piperazine rings is 1. The minimum atomic E-state index is -3.76. The first-order valence-electron chi connectivity index (χ1n) is 8.35. The molecule has 1 aromatic heterocycles. The van der Waals surface area contributed by atoms with Crippen molar-refractivity contribution in [2.24, 2.45) is 0 Å². The molecule has 10 heteroatoms. The van der Waals surface area contributed by atoms with Gasteiger partial charge in [0.25, 0.3) is 0 Å². The number of methoxy groups -OCH3 is 1. The number of hydrogen-bond acceptors (Lipinski definition) is 6. The van der Waals surface area contributed by atoms with E-state index in [-0.39, 0.29) is 18.7 Å². The molecule has 0 saturated carbocycles. The van der Waals surface area contributed by atoms with Gasteiger partial charge in [-0.2, -0.15) is 9.29 Å². The summed E-state index contributed by atoms with van der Waals surface area (Å²) in [6.07, 6.45) is 0. The average Bonchev–Trinajstić information content (AvgIpc) is 2.64. The van der Waals surface area contributed by atoms with Crippen molar-refractivity contribution in [1.82, 2.24) is 14.3 Å². The molecule has 7 nitrogen and oxygen atoms in total. The van der Waals surface area contributed by atoms with E-state index in [0.29, 0.717) is 30.6 Å². The molecule has 0 atom stereocenters. The molecule has 0 N–H and O–H groups in total. The molecule has 1 saturated heterocycles. The second-order valence-corrected chi connectivity index (χ2v) is 8.16. The number of benzene rings is 1. The van der Waals surface area contributed by atoms with Crippen LogP contribution in [0.2, 0.25) is 0 Å². The summed E-state index contributed by atoms with van der Waals surface area (Å²) in [6.45, 7) is 3.05. The summed E-state index contributed by atoms with van der Waals surface area (Å²) in [4.78, 5) is 10.4. The van der Waals surface area contributed by atoms with Crippen molar-refractivity contribution in [3.8, 4) is 5.88 Å². The lowest BCUT2D eigenvalue weighted by Crippen LogP contribution is -2.49. The molecular formula is C17H20F2N4O3S. The Kier molecular flexibility index (Phi) is 5.56. The summed E-state index contributed by atoms with van der Waals surface area (Å²) in [6, 6.07) is 4.50. The number of sulfonamides is 1. The molecule has 1 aliphatic heterocycles. The van der Waals surface area contributed by atoms with Gasteiger partial charge in [-0.1, -0.05) is 0 Å². The smallest absolute Gasteiger partial charge is 0.218 e. The fraction of sp³-hybridized carbons (Fsp3) is 0.412. The van der Waals surface area contributed by atoms with Crippen LogP contribution in [0.15, 0.2) is 24.3 Å². The van der Waals surface area contributed by atoms with E-state index in [2.05, 4.69) is 9.97 Å². The Morgan fingerprint density at radius 2 is 1.81 bits per heavy atom. The number of anilines is 1. The van der Waals surface area contributed by atoms with Crippen LogP contribution < -0.4 is 9.64 Å². The summed E-state index contributed by atoms with van der Waals surface area (Å²) < 4.78 is 58.7. The van der Waals surface area contributed by atoms with Crippen LogP contribution in [-0.2, 0) is 15.8 Å². The van der Waals surface area contributed by atoms with Crippen molar-refractivity contribution in [3.63, 3.8) is 0 Å². The lowest BCUT2D eigenvalue weighted by molar-refractivity contribution is 0.379. The Balaban J connectivity index is 1.69. The summed E-state index contributed by atoms with van der Waals surface area (Å²) in [5.74, 6) is -0.318. The first-order chi connectivity index (χ1) is 12.8. The predicted molar refractivity (Wildman–Crippen MR) is 96.1 cm³/mol. The Morgan fingerprint density at radius 1 is 1.11 bits per heavy atom. The highest BCUT2D eigenvalue weighted by Crippen LogP contribution is 2.21. The molecule has 0 radical (unpaired) electrons. The van der Waals surface area contributed by atoms with E-state index in [9.17, 15) is 17.2 Å². The van der Waals surface area contributed by atoms with Crippen molar-refractivity contribution in [2.75, 3.05) is 38.2 Å². The number of aryl methyl sites for hydroxylation is 1. The fourth-order valence-electron chi connectivity index (χ4n) is 2.93. The van der Waals surface area contributed by atoms with E-state index in [1.165, 1.54) is 11.4 Å². The molecule has 2 aromatic rings. The van der Waals surface area contributed by atoms with E-state index < -0.39 is 27.4 Å². The van der Waals surface area contributed by atoms with E-state index in [4.69, 9.17) is 4.74 Å². The van der Waals surface area contributed by atoms with Gasteiger partial charge < -0.3 is 9.64 Å². The maximum Gasteiger partial charge on any atom is 0.218 e. The third-order valence-corrected chi connectivity index (χ3v) is 6.14. The monoisotopic (exact) mass is 398 g/mol. The number of rotatable bonds is 5. The highest BCUT2D eigenvalue weighted by Gasteiger charge is 2.29. The van der Waals surface area contributed by atoms with Gasteiger partial charge in [0.05, 0.1) is 12.9 Å². The Morgan fingerprint density at radius 3 is 2.48 bits per heavy atom. The van der Waals surface area contributed by atoms with Gasteiger partial charge in [-0.3, -0.25) is 0 Å². The van der Waals surface area contributed by atoms with Crippen LogP contribution >= 0.6 is 0 Å². The number of ether oxygens (including phenoxy) is 1. The maximum absolute atomic E-state index is 13.8. The van der Waals surface area contributed by atoms with Crippen molar-refractivity contribution in [1.29, 1.82) is 0 Å². The van der Waals surface area contributed by atoms with E-state index in [0.717, 1.165) is 18.2 Å². The first-order valence-corrected chi connectivity index (χ1v) is 9.96. The molecule has 2 heterocycles. The molecule has 0 amide bonds. The third kappa shape index (κ3) is 4.51. The largest absolute Gasteiger partial charge is 0.481 e. The number of nitrogens with zero attached hydrogens (tertiary/aromatic N) is 4. The topological polar surface area (TPSA) is 75.6 Å². The van der Waals surface area contributed by atoms with Crippen molar-refractivity contribution in [2.45, 2.75) is 12.7 Å². The highest BCUT2D eigenvalue weighted by molar-refractivity contribution is 7.88. The van der Waals surface area contributed by atoms with Gasteiger partial charge in [-0.15, -0.1) is 0 Å². The molecule has 1 aliphatic rings. The molecular weight excluding hydrogens is 378 g/mol. The Hall–Kier alpha value is -2.33. The zero-order valence-corrected chi connectivity index (χ0v) is 15.8. The second-order valence-electron chi connectivity index (χ2n) is 6.19. The second kappa shape index (κ2) is 7.73. The molecule has 0 spiro atoms. The molecule has 3 rings (SSSR count). The van der Waals surface area contributed by atoms with E-state index in [1.54, 1.807) is 13.0 Å². The number of halogens is 2. The van der Waals surface area contributed by atoms with Crippen LogP contribution in [0.1, 0.15) is 11.4 Å². The molecule has 1 aromatic carbocycles.